The number of ether oxygens (including phenoxy) is 1. The topological polar surface area (TPSA) is 95.6 Å². The number of phenolic OH excluding ortho intramolecular Hbond substituents is 1. The summed E-state index contributed by atoms with van der Waals surface area (Å²) >= 11 is 3.37. The number of nitrogens with zero attached hydrogens (tertiary/aromatic N) is 3. The second-order valence-corrected chi connectivity index (χ2v) is 7.21. The molecule has 0 spiro atoms. The summed E-state index contributed by atoms with van der Waals surface area (Å²) in [5.41, 5.74) is 3.22. The molecule has 2 aromatic rings. The molecule has 8 heteroatoms. The molecule has 7 nitrogen and oxygen atoms in total. The molecule has 2 rings (SSSR count). The van der Waals surface area contributed by atoms with Gasteiger partial charge < -0.3 is 9.84 Å². The minimum Gasteiger partial charge on any atom is -0.507 e. The number of rotatable bonds is 4. The van der Waals surface area contributed by atoms with Gasteiger partial charge >= 0.3 is 6.09 Å². The van der Waals surface area contributed by atoms with Gasteiger partial charge in [0.05, 0.1) is 17.6 Å². The van der Waals surface area contributed by atoms with Crippen molar-refractivity contribution in [2.24, 2.45) is 15.3 Å². The summed E-state index contributed by atoms with van der Waals surface area (Å²) in [5.74, 6) is 0.00106. The first-order chi connectivity index (χ1) is 12.2. The molecule has 2 aromatic carbocycles. The lowest BCUT2D eigenvalue weighted by molar-refractivity contribution is 0.0529. The first-order valence-electron chi connectivity index (χ1n) is 7.75. The number of nitrogens with one attached hydrogen (secondary N) is 1. The van der Waals surface area contributed by atoms with Crippen LogP contribution in [-0.2, 0) is 4.74 Å². The van der Waals surface area contributed by atoms with Crippen LogP contribution in [0.25, 0.3) is 0 Å². The minimum absolute atomic E-state index is 0.00106. The van der Waals surface area contributed by atoms with Gasteiger partial charge in [-0.1, -0.05) is 22.0 Å². The average Bonchev–Trinajstić information content (AvgIpc) is 2.53. The Morgan fingerprint density at radius 2 is 1.85 bits per heavy atom. The van der Waals surface area contributed by atoms with E-state index in [1.807, 2.05) is 24.3 Å². The van der Waals surface area contributed by atoms with Gasteiger partial charge in [-0.25, -0.2) is 10.2 Å². The molecular weight excluding hydrogens is 400 g/mol. The van der Waals surface area contributed by atoms with Gasteiger partial charge in [0.15, 0.2) is 0 Å². The third-order valence-electron chi connectivity index (χ3n) is 2.86. The van der Waals surface area contributed by atoms with Gasteiger partial charge in [0.25, 0.3) is 0 Å². The zero-order valence-corrected chi connectivity index (χ0v) is 16.2. The molecule has 136 valence electrons. The normalized spacial score (nSPS) is 11.8. The maximum absolute atomic E-state index is 11.5. The van der Waals surface area contributed by atoms with Crippen LogP contribution in [0.4, 0.5) is 16.2 Å². The van der Waals surface area contributed by atoms with Crippen LogP contribution in [-0.4, -0.2) is 23.0 Å². The molecule has 0 fully saturated rings. The summed E-state index contributed by atoms with van der Waals surface area (Å²) in [4.78, 5) is 11.5. The smallest absolute Gasteiger partial charge is 0.428 e. The van der Waals surface area contributed by atoms with E-state index in [1.54, 1.807) is 32.9 Å². The van der Waals surface area contributed by atoms with E-state index in [0.717, 1.165) is 4.47 Å². The number of carbonyl (C=O) groups is 1. The fourth-order valence-corrected chi connectivity index (χ4v) is 2.20. The molecule has 0 bridgehead atoms. The van der Waals surface area contributed by atoms with E-state index in [-0.39, 0.29) is 5.75 Å². The van der Waals surface area contributed by atoms with Crippen LogP contribution in [0.15, 0.2) is 62.3 Å². The highest BCUT2D eigenvalue weighted by molar-refractivity contribution is 9.10. The van der Waals surface area contributed by atoms with Crippen molar-refractivity contribution < 1.29 is 14.6 Å². The van der Waals surface area contributed by atoms with Crippen molar-refractivity contribution in [3.05, 3.63) is 52.5 Å². The van der Waals surface area contributed by atoms with Gasteiger partial charge in [-0.2, -0.15) is 15.3 Å². The van der Waals surface area contributed by atoms with Gasteiger partial charge in [-0.05, 0) is 57.2 Å². The van der Waals surface area contributed by atoms with Crippen LogP contribution >= 0.6 is 15.9 Å². The van der Waals surface area contributed by atoms with Crippen molar-refractivity contribution in [3.8, 4) is 5.75 Å². The quantitative estimate of drug-likeness (QED) is 0.393. The molecule has 0 heterocycles. The lowest BCUT2D eigenvalue weighted by atomic mass is 10.2. The number of hydrogen-bond acceptors (Lipinski definition) is 6. The number of carbonyl (C=O) groups excluding carboxylic acids is 1. The third kappa shape index (κ3) is 6.64. The predicted molar refractivity (Wildman–Crippen MR) is 103 cm³/mol. The summed E-state index contributed by atoms with van der Waals surface area (Å²) in [5, 5.41) is 21.9. The van der Waals surface area contributed by atoms with Crippen LogP contribution in [0.3, 0.4) is 0 Å². The second kappa shape index (κ2) is 8.57. The number of hydrazone groups is 1. The van der Waals surface area contributed by atoms with Crippen molar-refractivity contribution in [1.29, 1.82) is 0 Å². The Bertz CT molecular complexity index is 845. The third-order valence-corrected chi connectivity index (χ3v) is 3.35. The van der Waals surface area contributed by atoms with Crippen LogP contribution < -0.4 is 5.43 Å². The summed E-state index contributed by atoms with van der Waals surface area (Å²) in [7, 11) is 0. The number of aromatic hydroxyl groups is 1. The molecule has 0 radical (unpaired) electrons. The van der Waals surface area contributed by atoms with Crippen molar-refractivity contribution in [1.82, 2.24) is 5.43 Å². The zero-order chi connectivity index (χ0) is 19.2. The van der Waals surface area contributed by atoms with Gasteiger partial charge in [0, 0.05) is 10.0 Å². The highest BCUT2D eigenvalue weighted by Gasteiger charge is 2.15. The summed E-state index contributed by atoms with van der Waals surface area (Å²) in [6.07, 6.45) is 0.621. The first-order valence-corrected chi connectivity index (χ1v) is 8.55. The highest BCUT2D eigenvalue weighted by atomic mass is 79.9. The minimum atomic E-state index is -0.682. The van der Waals surface area contributed by atoms with Crippen LogP contribution in [0.1, 0.15) is 26.3 Å². The Hall–Kier alpha value is -2.74. The Labute approximate surface area is 159 Å². The van der Waals surface area contributed by atoms with E-state index in [9.17, 15) is 9.90 Å². The fourth-order valence-electron chi connectivity index (χ4n) is 1.82. The van der Waals surface area contributed by atoms with Crippen molar-refractivity contribution in [2.75, 3.05) is 0 Å². The van der Waals surface area contributed by atoms with Gasteiger partial charge in [0.1, 0.15) is 11.4 Å². The zero-order valence-electron chi connectivity index (χ0n) is 14.6. The molecule has 0 aliphatic heterocycles. The van der Waals surface area contributed by atoms with Crippen molar-refractivity contribution in [3.63, 3.8) is 0 Å². The van der Waals surface area contributed by atoms with Crippen LogP contribution in [0.2, 0.25) is 0 Å². The maximum atomic E-state index is 11.5. The van der Waals surface area contributed by atoms with E-state index >= 15 is 0 Å². The fraction of sp³-hybridized carbons (Fsp3) is 0.222. The molecule has 0 atom stereocenters. The van der Waals surface area contributed by atoms with Gasteiger partial charge in [-0.15, -0.1) is 0 Å². The summed E-state index contributed by atoms with van der Waals surface area (Å²) in [6, 6.07) is 12.1. The van der Waals surface area contributed by atoms with Gasteiger partial charge in [0.2, 0.25) is 0 Å². The van der Waals surface area contributed by atoms with Crippen molar-refractivity contribution in [2.45, 2.75) is 26.4 Å². The highest BCUT2D eigenvalue weighted by Crippen LogP contribution is 2.25. The molecule has 2 N–H and O–H groups in total. The monoisotopic (exact) mass is 418 g/mol. The van der Waals surface area contributed by atoms with E-state index in [0.29, 0.717) is 16.9 Å². The summed E-state index contributed by atoms with van der Waals surface area (Å²) < 4.78 is 5.97. The van der Waals surface area contributed by atoms with E-state index in [1.165, 1.54) is 12.3 Å². The number of halogens is 1. The van der Waals surface area contributed by atoms with E-state index < -0.39 is 11.7 Å². The Balaban J connectivity index is 2.07. The number of phenols is 1. The Kier molecular flexibility index (Phi) is 6.46. The standard InChI is InChI=1S/C18H19BrN4O3/c1-18(2,3)26-17(25)23-20-11-12-9-15(7-8-16(12)24)22-21-14-6-4-5-13(19)10-14/h4-11,24H,1-3H3,(H,23,25)/b20-11-,22-21?. The van der Waals surface area contributed by atoms with Gasteiger partial charge in [-0.3, -0.25) is 0 Å². The molecule has 0 aliphatic carbocycles. The number of amides is 1. The number of azo groups is 1. The predicted octanol–water partition coefficient (Wildman–Crippen LogP) is 5.43. The SMILES string of the molecule is CC(C)(C)OC(=O)N/N=C\c1cc(N=Nc2cccc(Br)c2)ccc1O. The second-order valence-electron chi connectivity index (χ2n) is 6.29. The molecule has 26 heavy (non-hydrogen) atoms. The van der Waals surface area contributed by atoms with E-state index in [4.69, 9.17) is 4.74 Å². The maximum Gasteiger partial charge on any atom is 0.428 e. The van der Waals surface area contributed by atoms with Crippen LogP contribution in [0, 0.1) is 0 Å². The van der Waals surface area contributed by atoms with Crippen molar-refractivity contribution >= 4 is 39.6 Å². The van der Waals surface area contributed by atoms with E-state index in [2.05, 4.69) is 36.7 Å². The first kappa shape index (κ1) is 19.6. The average molecular weight is 419 g/mol. The molecule has 0 aliphatic rings. The molecule has 0 saturated carbocycles. The summed E-state index contributed by atoms with van der Waals surface area (Å²) in [6.45, 7) is 5.26. The lowest BCUT2D eigenvalue weighted by Crippen LogP contribution is -2.29. The molecule has 1 amide bonds. The molecule has 0 unspecified atom stereocenters. The lowest BCUT2D eigenvalue weighted by Gasteiger charge is -2.18. The number of hydrogen-bond donors (Lipinski definition) is 2. The molecule has 0 saturated heterocycles. The molecule has 0 aromatic heterocycles. The largest absolute Gasteiger partial charge is 0.507 e. The number of benzene rings is 2. The Morgan fingerprint density at radius 1 is 1.15 bits per heavy atom. The Morgan fingerprint density at radius 3 is 2.50 bits per heavy atom. The van der Waals surface area contributed by atoms with Crippen LogP contribution in [0.5, 0.6) is 5.75 Å². The molecular formula is C18H19BrN4O3.